The molecule has 6 heteroatoms. The Balaban J connectivity index is 2.08. The molecule has 0 amide bonds. The fraction of sp³-hybridized carbons (Fsp3) is 0.538. The van der Waals surface area contributed by atoms with Crippen molar-refractivity contribution in [2.45, 2.75) is 26.1 Å². The zero-order valence-corrected chi connectivity index (χ0v) is 11.8. The number of hydrogen-bond acceptors (Lipinski definition) is 4. The van der Waals surface area contributed by atoms with Gasteiger partial charge in [0.2, 0.25) is 0 Å². The van der Waals surface area contributed by atoms with E-state index in [9.17, 15) is 0 Å². The molecule has 1 unspecified atom stereocenters. The van der Waals surface area contributed by atoms with Crippen LogP contribution in [-0.4, -0.2) is 38.1 Å². The Hall–Kier alpha value is -1.66. The average molecular weight is 262 g/mol. The number of likely N-dealkylation sites (N-methyl/N-ethyl adjacent to an activating group) is 1. The van der Waals surface area contributed by atoms with E-state index in [-0.39, 0.29) is 6.04 Å². The molecule has 0 aliphatic rings. The number of nitrogens with two attached hydrogens (primary N) is 1. The molecular weight excluding hydrogens is 240 g/mol. The summed E-state index contributed by atoms with van der Waals surface area (Å²) in [5.74, 6) is 0. The van der Waals surface area contributed by atoms with Crippen molar-refractivity contribution in [3.8, 4) is 0 Å². The van der Waals surface area contributed by atoms with Crippen molar-refractivity contribution in [3.05, 3.63) is 35.9 Å². The van der Waals surface area contributed by atoms with E-state index in [1.54, 1.807) is 0 Å². The predicted molar refractivity (Wildman–Crippen MR) is 74.4 cm³/mol. The van der Waals surface area contributed by atoms with Gasteiger partial charge >= 0.3 is 0 Å². The smallest absolute Gasteiger partial charge is 0.0538 e. The van der Waals surface area contributed by atoms with Gasteiger partial charge in [0.1, 0.15) is 0 Å². The third-order valence-electron chi connectivity index (χ3n) is 3.31. The maximum Gasteiger partial charge on any atom is 0.0538 e. The van der Waals surface area contributed by atoms with Crippen LogP contribution in [0.15, 0.2) is 24.8 Å². The lowest BCUT2D eigenvalue weighted by atomic mass is 10.1. The predicted octanol–water partition coefficient (Wildman–Crippen LogP) is 0.768. The molecule has 0 spiro atoms. The second-order valence-electron chi connectivity index (χ2n) is 4.82. The minimum absolute atomic E-state index is 0.181. The van der Waals surface area contributed by atoms with Crippen molar-refractivity contribution in [2.75, 3.05) is 13.6 Å². The topological polar surface area (TPSA) is 64.9 Å². The lowest BCUT2D eigenvalue weighted by Gasteiger charge is -2.25. The van der Waals surface area contributed by atoms with Gasteiger partial charge in [-0.15, -0.1) is 0 Å². The fourth-order valence-corrected chi connectivity index (χ4v) is 2.25. The molecule has 0 radical (unpaired) electrons. The van der Waals surface area contributed by atoms with Gasteiger partial charge in [0.15, 0.2) is 0 Å². The van der Waals surface area contributed by atoms with Crippen LogP contribution in [0.25, 0.3) is 0 Å². The second-order valence-corrected chi connectivity index (χ2v) is 4.82. The highest BCUT2D eigenvalue weighted by molar-refractivity contribution is 5.12. The van der Waals surface area contributed by atoms with E-state index in [2.05, 4.69) is 35.3 Å². The highest BCUT2D eigenvalue weighted by Gasteiger charge is 2.17. The van der Waals surface area contributed by atoms with Gasteiger partial charge < -0.3 is 5.73 Å². The summed E-state index contributed by atoms with van der Waals surface area (Å²) in [7, 11) is 4.00. The molecule has 2 rings (SSSR count). The zero-order valence-electron chi connectivity index (χ0n) is 11.8. The Kier molecular flexibility index (Phi) is 4.34. The quantitative estimate of drug-likeness (QED) is 0.835. The van der Waals surface area contributed by atoms with Crippen LogP contribution >= 0.6 is 0 Å². The Morgan fingerprint density at radius 3 is 2.63 bits per heavy atom. The van der Waals surface area contributed by atoms with E-state index in [4.69, 9.17) is 5.73 Å². The standard InChI is InChI=1S/C13H22N6/c1-4-19-10-12(7-16-19)13(5-14)17(2)8-11-6-15-18(3)9-11/h6-7,9-10,13H,4-5,8,14H2,1-3H3. The van der Waals surface area contributed by atoms with Crippen LogP contribution in [0, 0.1) is 0 Å². The monoisotopic (exact) mass is 262 g/mol. The molecule has 0 aliphatic carbocycles. The summed E-state index contributed by atoms with van der Waals surface area (Å²) >= 11 is 0. The molecule has 2 heterocycles. The third kappa shape index (κ3) is 3.21. The van der Waals surface area contributed by atoms with Crippen molar-refractivity contribution in [1.82, 2.24) is 24.5 Å². The maximum atomic E-state index is 5.92. The zero-order chi connectivity index (χ0) is 13.8. The molecule has 104 valence electrons. The van der Waals surface area contributed by atoms with Gasteiger partial charge in [-0.1, -0.05) is 0 Å². The normalized spacial score (nSPS) is 13.1. The molecule has 6 nitrogen and oxygen atoms in total. The van der Waals surface area contributed by atoms with Gasteiger partial charge in [0, 0.05) is 50.2 Å². The Morgan fingerprint density at radius 2 is 2.11 bits per heavy atom. The molecule has 2 aromatic rings. The Labute approximate surface area is 113 Å². The van der Waals surface area contributed by atoms with E-state index in [1.807, 2.05) is 35.0 Å². The molecule has 19 heavy (non-hydrogen) atoms. The van der Waals surface area contributed by atoms with Crippen LogP contribution < -0.4 is 5.73 Å². The molecule has 0 saturated heterocycles. The summed E-state index contributed by atoms with van der Waals surface area (Å²) in [6.45, 7) is 4.36. The van der Waals surface area contributed by atoms with Crippen molar-refractivity contribution in [2.24, 2.45) is 12.8 Å². The highest BCUT2D eigenvalue weighted by Crippen LogP contribution is 2.19. The van der Waals surface area contributed by atoms with Crippen molar-refractivity contribution >= 4 is 0 Å². The first kappa shape index (κ1) is 13.8. The summed E-state index contributed by atoms with van der Waals surface area (Å²) in [6, 6.07) is 0.181. The minimum Gasteiger partial charge on any atom is -0.329 e. The second kappa shape index (κ2) is 5.99. The molecule has 2 aromatic heterocycles. The summed E-state index contributed by atoms with van der Waals surface area (Å²) in [5.41, 5.74) is 8.26. The molecule has 0 aromatic carbocycles. The highest BCUT2D eigenvalue weighted by atomic mass is 15.3. The van der Waals surface area contributed by atoms with Crippen molar-refractivity contribution in [3.63, 3.8) is 0 Å². The van der Waals surface area contributed by atoms with Crippen LogP contribution in [0.4, 0.5) is 0 Å². The van der Waals surface area contributed by atoms with E-state index in [0.29, 0.717) is 6.54 Å². The van der Waals surface area contributed by atoms with Crippen LogP contribution in [0.2, 0.25) is 0 Å². The van der Waals surface area contributed by atoms with E-state index in [0.717, 1.165) is 18.7 Å². The lowest BCUT2D eigenvalue weighted by molar-refractivity contribution is 0.241. The number of hydrogen-bond donors (Lipinski definition) is 1. The van der Waals surface area contributed by atoms with Gasteiger partial charge in [0.25, 0.3) is 0 Å². The number of rotatable bonds is 6. The summed E-state index contributed by atoms with van der Waals surface area (Å²) in [6.07, 6.45) is 7.89. The molecule has 0 aliphatic heterocycles. The van der Waals surface area contributed by atoms with Gasteiger partial charge in [-0.05, 0) is 14.0 Å². The van der Waals surface area contributed by atoms with Crippen LogP contribution in [-0.2, 0) is 20.1 Å². The van der Waals surface area contributed by atoms with Crippen LogP contribution in [0.1, 0.15) is 24.1 Å². The Bertz CT molecular complexity index is 515. The van der Waals surface area contributed by atoms with Gasteiger partial charge in [0.05, 0.1) is 18.4 Å². The first-order valence-corrected chi connectivity index (χ1v) is 6.54. The molecule has 0 fully saturated rings. The third-order valence-corrected chi connectivity index (χ3v) is 3.31. The molecular formula is C13H22N6. The lowest BCUT2D eigenvalue weighted by Crippen LogP contribution is -2.29. The van der Waals surface area contributed by atoms with Crippen molar-refractivity contribution in [1.29, 1.82) is 0 Å². The molecule has 0 saturated carbocycles. The minimum atomic E-state index is 0.181. The Morgan fingerprint density at radius 1 is 1.32 bits per heavy atom. The first-order chi connectivity index (χ1) is 9.13. The average Bonchev–Trinajstić information content (AvgIpc) is 3.00. The number of nitrogens with zero attached hydrogens (tertiary/aromatic N) is 5. The summed E-state index contributed by atoms with van der Waals surface area (Å²) in [5, 5.41) is 8.50. The van der Waals surface area contributed by atoms with Gasteiger partial charge in [-0.2, -0.15) is 10.2 Å². The number of aryl methyl sites for hydroxylation is 2. The van der Waals surface area contributed by atoms with Gasteiger partial charge in [-0.25, -0.2) is 0 Å². The van der Waals surface area contributed by atoms with Gasteiger partial charge in [-0.3, -0.25) is 14.3 Å². The molecule has 1 atom stereocenters. The maximum absolute atomic E-state index is 5.92. The summed E-state index contributed by atoms with van der Waals surface area (Å²) in [4.78, 5) is 2.23. The van der Waals surface area contributed by atoms with Crippen molar-refractivity contribution < 1.29 is 0 Å². The van der Waals surface area contributed by atoms with E-state index in [1.165, 1.54) is 5.56 Å². The number of aromatic nitrogens is 4. The first-order valence-electron chi connectivity index (χ1n) is 6.54. The van der Waals surface area contributed by atoms with E-state index < -0.39 is 0 Å². The molecule has 2 N–H and O–H groups in total. The SMILES string of the molecule is CCn1cc(C(CN)N(C)Cc2cnn(C)c2)cn1. The molecule has 0 bridgehead atoms. The largest absolute Gasteiger partial charge is 0.329 e. The van der Waals surface area contributed by atoms with Crippen LogP contribution in [0.5, 0.6) is 0 Å². The van der Waals surface area contributed by atoms with Crippen LogP contribution in [0.3, 0.4) is 0 Å². The summed E-state index contributed by atoms with van der Waals surface area (Å²) < 4.78 is 3.74. The van der Waals surface area contributed by atoms with E-state index >= 15 is 0 Å². The fourth-order valence-electron chi connectivity index (χ4n) is 2.25.